The minimum Gasteiger partial charge on any atom is -0.340 e. The molecule has 0 fully saturated rings. The lowest BCUT2D eigenvalue weighted by molar-refractivity contribution is -0.129. The van der Waals surface area contributed by atoms with Crippen LogP contribution in [0.2, 0.25) is 0 Å². The van der Waals surface area contributed by atoms with Crippen molar-refractivity contribution in [1.29, 1.82) is 0 Å². The zero-order chi connectivity index (χ0) is 12.8. The Hall–Kier alpha value is -0.870. The largest absolute Gasteiger partial charge is 0.340 e. The molecule has 1 amide bonds. The molecule has 4 heteroatoms. The molecule has 0 heterocycles. The Balaban J connectivity index is 2.48. The molecule has 0 aromatic heterocycles. The number of hydrogen-bond acceptors (Lipinski definition) is 2. The van der Waals surface area contributed by atoms with Gasteiger partial charge in [0.25, 0.3) is 0 Å². The first kappa shape index (κ1) is 14.2. The van der Waals surface area contributed by atoms with Gasteiger partial charge in [-0.05, 0) is 17.7 Å². The fourth-order valence-corrected chi connectivity index (χ4v) is 1.87. The van der Waals surface area contributed by atoms with Crippen molar-refractivity contribution in [2.45, 2.75) is 26.4 Å². The highest BCUT2D eigenvalue weighted by Gasteiger charge is 2.09. The Morgan fingerprint density at radius 3 is 2.76 bits per heavy atom. The van der Waals surface area contributed by atoms with Crippen molar-refractivity contribution < 1.29 is 4.79 Å². The molecule has 3 nitrogen and oxygen atoms in total. The third-order valence-electron chi connectivity index (χ3n) is 2.40. The lowest BCUT2D eigenvalue weighted by Gasteiger charge is -2.18. The number of carbonyl (C=O) groups is 1. The molecule has 1 aromatic carbocycles. The van der Waals surface area contributed by atoms with Gasteiger partial charge in [0.1, 0.15) is 0 Å². The number of likely N-dealkylation sites (N-methyl/N-ethyl adjacent to an activating group) is 1. The van der Waals surface area contributed by atoms with Gasteiger partial charge >= 0.3 is 0 Å². The summed E-state index contributed by atoms with van der Waals surface area (Å²) >= 11 is 3.42. The first-order chi connectivity index (χ1) is 7.99. The smallest absolute Gasteiger partial charge is 0.236 e. The normalized spacial score (nSPS) is 10.6. The summed E-state index contributed by atoms with van der Waals surface area (Å²) in [6.07, 6.45) is 0. The van der Waals surface area contributed by atoms with E-state index in [1.165, 1.54) is 0 Å². The van der Waals surface area contributed by atoms with Crippen LogP contribution in [-0.2, 0) is 11.3 Å². The van der Waals surface area contributed by atoms with E-state index in [0.29, 0.717) is 19.1 Å². The zero-order valence-electron chi connectivity index (χ0n) is 10.5. The van der Waals surface area contributed by atoms with Crippen LogP contribution in [0.4, 0.5) is 0 Å². The maximum Gasteiger partial charge on any atom is 0.236 e. The second-order valence-electron chi connectivity index (χ2n) is 4.42. The van der Waals surface area contributed by atoms with Crippen molar-refractivity contribution in [3.8, 4) is 0 Å². The van der Waals surface area contributed by atoms with Crippen LogP contribution in [-0.4, -0.2) is 30.4 Å². The number of hydrogen-bond donors (Lipinski definition) is 1. The Kier molecular flexibility index (Phi) is 5.65. The molecular formula is C13H19BrN2O. The lowest BCUT2D eigenvalue weighted by Crippen LogP contribution is -2.37. The fourth-order valence-electron chi connectivity index (χ4n) is 1.42. The maximum absolute atomic E-state index is 11.8. The van der Waals surface area contributed by atoms with Gasteiger partial charge in [-0.2, -0.15) is 0 Å². The van der Waals surface area contributed by atoms with Crippen molar-refractivity contribution in [1.82, 2.24) is 10.2 Å². The average Bonchev–Trinajstić information content (AvgIpc) is 2.25. The van der Waals surface area contributed by atoms with Gasteiger partial charge in [-0.3, -0.25) is 4.79 Å². The molecule has 0 saturated heterocycles. The second-order valence-corrected chi connectivity index (χ2v) is 5.33. The number of halogens is 1. The highest BCUT2D eigenvalue weighted by molar-refractivity contribution is 9.10. The van der Waals surface area contributed by atoms with E-state index in [9.17, 15) is 4.79 Å². The molecule has 0 aliphatic heterocycles. The van der Waals surface area contributed by atoms with Crippen molar-refractivity contribution >= 4 is 21.8 Å². The molecule has 0 aliphatic rings. The van der Waals surface area contributed by atoms with Gasteiger partial charge in [0.05, 0.1) is 6.54 Å². The molecule has 1 N–H and O–H groups in total. The molecule has 0 unspecified atom stereocenters. The molecule has 94 valence electrons. The summed E-state index contributed by atoms with van der Waals surface area (Å²) in [5.41, 5.74) is 1.12. The third-order valence-corrected chi connectivity index (χ3v) is 2.89. The Labute approximate surface area is 111 Å². The Bertz CT molecular complexity index is 379. The first-order valence-corrected chi connectivity index (χ1v) is 6.50. The molecule has 0 saturated carbocycles. The van der Waals surface area contributed by atoms with Gasteiger partial charge < -0.3 is 10.2 Å². The van der Waals surface area contributed by atoms with E-state index in [1.807, 2.05) is 45.2 Å². The summed E-state index contributed by atoms with van der Waals surface area (Å²) in [5.74, 6) is 0.110. The predicted molar refractivity (Wildman–Crippen MR) is 73.8 cm³/mol. The summed E-state index contributed by atoms with van der Waals surface area (Å²) in [5, 5.41) is 3.12. The first-order valence-electron chi connectivity index (χ1n) is 5.71. The van der Waals surface area contributed by atoms with Gasteiger partial charge in [0.2, 0.25) is 5.91 Å². The Morgan fingerprint density at radius 1 is 1.47 bits per heavy atom. The highest BCUT2D eigenvalue weighted by atomic mass is 79.9. The standard InChI is InChI=1S/C13H19BrN2O/c1-10(2)15-8-13(17)16(3)9-11-5-4-6-12(14)7-11/h4-7,10,15H,8-9H2,1-3H3. The minimum atomic E-state index is 0.110. The topological polar surface area (TPSA) is 32.3 Å². The molecule has 0 spiro atoms. The van der Waals surface area contributed by atoms with Gasteiger partial charge in [0, 0.05) is 24.1 Å². The predicted octanol–water partition coefficient (Wildman–Crippen LogP) is 2.41. The zero-order valence-corrected chi connectivity index (χ0v) is 12.1. The van der Waals surface area contributed by atoms with E-state index in [1.54, 1.807) is 4.90 Å². The van der Waals surface area contributed by atoms with E-state index in [2.05, 4.69) is 21.2 Å². The number of nitrogens with zero attached hydrogens (tertiary/aromatic N) is 1. The van der Waals surface area contributed by atoms with Gasteiger partial charge in [-0.25, -0.2) is 0 Å². The third kappa shape index (κ3) is 5.33. The van der Waals surface area contributed by atoms with E-state index in [0.717, 1.165) is 10.0 Å². The van der Waals surface area contributed by atoms with Gasteiger partial charge in [-0.1, -0.05) is 41.9 Å². The van der Waals surface area contributed by atoms with E-state index in [-0.39, 0.29) is 5.91 Å². The lowest BCUT2D eigenvalue weighted by atomic mass is 10.2. The number of rotatable bonds is 5. The molecule has 0 atom stereocenters. The monoisotopic (exact) mass is 298 g/mol. The van der Waals surface area contributed by atoms with Crippen LogP contribution in [0.3, 0.4) is 0 Å². The highest BCUT2D eigenvalue weighted by Crippen LogP contribution is 2.12. The quantitative estimate of drug-likeness (QED) is 0.905. The van der Waals surface area contributed by atoms with Crippen molar-refractivity contribution in [2.75, 3.05) is 13.6 Å². The molecule has 1 rings (SSSR count). The molecule has 0 bridgehead atoms. The second kappa shape index (κ2) is 6.77. The molecular weight excluding hydrogens is 280 g/mol. The minimum absolute atomic E-state index is 0.110. The van der Waals surface area contributed by atoms with Crippen LogP contribution in [0.5, 0.6) is 0 Å². The van der Waals surface area contributed by atoms with Crippen molar-refractivity contribution in [2.24, 2.45) is 0 Å². The van der Waals surface area contributed by atoms with Crippen LogP contribution in [0.15, 0.2) is 28.7 Å². The van der Waals surface area contributed by atoms with Gasteiger partial charge in [-0.15, -0.1) is 0 Å². The SMILES string of the molecule is CC(C)NCC(=O)N(C)Cc1cccc(Br)c1. The molecule has 17 heavy (non-hydrogen) atoms. The number of carbonyl (C=O) groups excluding carboxylic acids is 1. The van der Waals surface area contributed by atoms with Crippen LogP contribution in [0, 0.1) is 0 Å². The summed E-state index contributed by atoms with van der Waals surface area (Å²) in [6, 6.07) is 8.33. The van der Waals surface area contributed by atoms with Gasteiger partial charge in [0.15, 0.2) is 0 Å². The Morgan fingerprint density at radius 2 is 2.18 bits per heavy atom. The maximum atomic E-state index is 11.8. The number of benzene rings is 1. The van der Waals surface area contributed by atoms with Crippen molar-refractivity contribution in [3.63, 3.8) is 0 Å². The summed E-state index contributed by atoms with van der Waals surface area (Å²) in [4.78, 5) is 13.5. The van der Waals surface area contributed by atoms with Crippen LogP contribution >= 0.6 is 15.9 Å². The average molecular weight is 299 g/mol. The summed E-state index contributed by atoms with van der Waals surface area (Å²) < 4.78 is 1.04. The van der Waals surface area contributed by atoms with E-state index < -0.39 is 0 Å². The fraction of sp³-hybridized carbons (Fsp3) is 0.462. The number of nitrogens with one attached hydrogen (secondary N) is 1. The van der Waals surface area contributed by atoms with Crippen LogP contribution < -0.4 is 5.32 Å². The van der Waals surface area contributed by atoms with E-state index >= 15 is 0 Å². The van der Waals surface area contributed by atoms with Crippen LogP contribution in [0.1, 0.15) is 19.4 Å². The molecule has 0 radical (unpaired) electrons. The van der Waals surface area contributed by atoms with Crippen molar-refractivity contribution in [3.05, 3.63) is 34.3 Å². The van der Waals surface area contributed by atoms with E-state index in [4.69, 9.17) is 0 Å². The molecule has 1 aromatic rings. The summed E-state index contributed by atoms with van der Waals surface area (Å²) in [7, 11) is 1.82. The number of amides is 1. The summed E-state index contributed by atoms with van der Waals surface area (Å²) in [6.45, 7) is 5.09. The van der Waals surface area contributed by atoms with Crippen LogP contribution in [0.25, 0.3) is 0 Å². The molecule has 0 aliphatic carbocycles.